The molecule has 4 heterocycles. The van der Waals surface area contributed by atoms with Gasteiger partial charge in [0.1, 0.15) is 11.2 Å². The summed E-state index contributed by atoms with van der Waals surface area (Å²) in [5.74, 6) is 0. The van der Waals surface area contributed by atoms with Crippen molar-refractivity contribution in [3.05, 3.63) is 218 Å². The highest BCUT2D eigenvalue weighted by molar-refractivity contribution is 7.27. The Balaban J connectivity index is 1.04. The van der Waals surface area contributed by atoms with Gasteiger partial charge in [-0.1, -0.05) is 115 Å². The van der Waals surface area contributed by atoms with E-state index < -0.39 is 0 Å². The van der Waals surface area contributed by atoms with Crippen molar-refractivity contribution >= 4 is 151 Å². The van der Waals surface area contributed by atoms with Crippen LogP contribution in [0.15, 0.2) is 223 Å². The van der Waals surface area contributed by atoms with Crippen LogP contribution in [0.1, 0.15) is 0 Å². The molecule has 14 aromatic rings. The Labute approximate surface area is 391 Å². The quantitative estimate of drug-likeness (QED) is 0.159. The third-order valence-electron chi connectivity index (χ3n) is 13.0. The van der Waals surface area contributed by atoms with E-state index in [1.807, 2.05) is 46.1 Å². The molecule has 0 radical (unpaired) electrons. The monoisotopic (exact) mass is 896 g/mol. The Hall–Kier alpha value is -7.74. The summed E-state index contributed by atoms with van der Waals surface area (Å²) in [6.07, 6.45) is 0. The van der Waals surface area contributed by atoms with Crippen molar-refractivity contribution in [1.82, 2.24) is 0 Å². The van der Waals surface area contributed by atoms with Gasteiger partial charge in [0, 0.05) is 95.0 Å². The highest BCUT2D eigenvalue weighted by Gasteiger charge is 2.24. The number of fused-ring (bicyclic) bond motifs is 12. The minimum absolute atomic E-state index is 0.904. The molecule has 0 fully saturated rings. The number of anilines is 6. The lowest BCUT2D eigenvalue weighted by atomic mass is 10.00. The molecular formula is C60H36N2OS3. The van der Waals surface area contributed by atoms with Gasteiger partial charge in [0.2, 0.25) is 0 Å². The number of hydrogen-bond donors (Lipinski definition) is 0. The van der Waals surface area contributed by atoms with E-state index >= 15 is 0 Å². The van der Waals surface area contributed by atoms with E-state index in [1.54, 1.807) is 0 Å². The van der Waals surface area contributed by atoms with Crippen LogP contribution in [0.4, 0.5) is 34.1 Å². The molecule has 0 bridgehead atoms. The molecule has 310 valence electrons. The maximum Gasteiger partial charge on any atom is 0.135 e. The summed E-state index contributed by atoms with van der Waals surface area (Å²) in [5, 5.41) is 9.88. The minimum Gasteiger partial charge on any atom is -0.456 e. The van der Waals surface area contributed by atoms with Crippen molar-refractivity contribution in [2.24, 2.45) is 0 Å². The normalized spacial score (nSPS) is 11.9. The lowest BCUT2D eigenvalue weighted by Gasteiger charge is -2.30. The predicted molar refractivity (Wildman–Crippen MR) is 287 cm³/mol. The van der Waals surface area contributed by atoms with Crippen LogP contribution in [0.25, 0.3) is 93.6 Å². The molecule has 0 spiro atoms. The smallest absolute Gasteiger partial charge is 0.135 e. The molecule has 6 heteroatoms. The zero-order valence-corrected chi connectivity index (χ0v) is 37.8. The van der Waals surface area contributed by atoms with Gasteiger partial charge in [-0.3, -0.25) is 0 Å². The number of nitrogens with zero attached hydrogens (tertiary/aromatic N) is 2. The third-order valence-corrected chi connectivity index (χ3v) is 16.5. The summed E-state index contributed by atoms with van der Waals surface area (Å²) < 4.78 is 13.9. The maximum absolute atomic E-state index is 6.25. The Bertz CT molecular complexity index is 4200. The zero-order chi connectivity index (χ0) is 43.3. The van der Waals surface area contributed by atoms with Gasteiger partial charge in [0.05, 0.1) is 10.4 Å². The maximum atomic E-state index is 6.25. The Morgan fingerprint density at radius 1 is 0.273 bits per heavy atom. The second-order valence-electron chi connectivity index (χ2n) is 16.9. The van der Waals surface area contributed by atoms with Gasteiger partial charge in [-0.25, -0.2) is 0 Å². The van der Waals surface area contributed by atoms with Crippen LogP contribution in [0.5, 0.6) is 0 Å². The molecule has 0 aliphatic rings. The number of furan rings is 1. The summed E-state index contributed by atoms with van der Waals surface area (Å²) in [6, 6.07) is 79.9. The summed E-state index contributed by atoms with van der Waals surface area (Å²) in [6.45, 7) is 0. The fourth-order valence-electron chi connectivity index (χ4n) is 9.96. The molecule has 10 aromatic carbocycles. The van der Waals surface area contributed by atoms with Gasteiger partial charge in [0.25, 0.3) is 0 Å². The average molecular weight is 897 g/mol. The number of thiophene rings is 3. The number of para-hydroxylation sites is 3. The van der Waals surface area contributed by atoms with Crippen molar-refractivity contribution in [3.63, 3.8) is 0 Å². The molecule has 0 N–H and O–H groups in total. The van der Waals surface area contributed by atoms with Crippen LogP contribution in [-0.4, -0.2) is 0 Å². The van der Waals surface area contributed by atoms with E-state index in [0.717, 1.165) is 61.6 Å². The Kier molecular flexibility index (Phi) is 8.50. The van der Waals surface area contributed by atoms with E-state index in [1.165, 1.54) is 66.1 Å². The van der Waals surface area contributed by atoms with E-state index in [9.17, 15) is 0 Å². The van der Waals surface area contributed by atoms with Gasteiger partial charge in [0.15, 0.2) is 0 Å². The molecule has 0 aliphatic carbocycles. The first-order valence-corrected chi connectivity index (χ1v) is 24.6. The highest BCUT2D eigenvalue weighted by atomic mass is 32.1. The lowest BCUT2D eigenvalue weighted by molar-refractivity contribution is 0.669. The average Bonchev–Trinajstić information content (AvgIpc) is 4.14. The molecule has 14 rings (SSSR count). The van der Waals surface area contributed by atoms with Crippen LogP contribution in [0.2, 0.25) is 0 Å². The molecule has 0 atom stereocenters. The van der Waals surface area contributed by atoms with Gasteiger partial charge in [-0.2, -0.15) is 0 Å². The van der Waals surface area contributed by atoms with E-state index in [-0.39, 0.29) is 0 Å². The molecule has 0 saturated heterocycles. The largest absolute Gasteiger partial charge is 0.456 e. The number of hydrogen-bond acceptors (Lipinski definition) is 6. The van der Waals surface area contributed by atoms with Crippen molar-refractivity contribution < 1.29 is 4.42 Å². The van der Waals surface area contributed by atoms with Gasteiger partial charge < -0.3 is 14.2 Å². The molecule has 4 aromatic heterocycles. The molecular weight excluding hydrogens is 861 g/mol. The standard InChI is InChI=1S/C60H36N2OS3/c1-3-13-39(14-4-1)61(41-25-27-47-45-18-8-11-21-55(45)64-58(47)35-41)43-33-51-50-32-38(37-23-29-54-49(31-37)44-17-7-10-20-53(44)63-54)24-30-57(50)66-60(51)52(34-43)62(40-15-5-2-6-16-40)42-26-28-48-46-19-9-12-22-56(46)65-59(48)36-42/h1-36H. The first-order valence-electron chi connectivity index (χ1n) is 22.1. The predicted octanol–water partition coefficient (Wildman–Crippen LogP) is 19.3. The van der Waals surface area contributed by atoms with Crippen LogP contribution >= 0.6 is 34.0 Å². The van der Waals surface area contributed by atoms with Crippen LogP contribution in [0.3, 0.4) is 0 Å². The zero-order valence-electron chi connectivity index (χ0n) is 35.3. The minimum atomic E-state index is 0.904. The van der Waals surface area contributed by atoms with Crippen molar-refractivity contribution in [3.8, 4) is 11.1 Å². The summed E-state index contributed by atoms with van der Waals surface area (Å²) in [4.78, 5) is 4.92. The summed E-state index contributed by atoms with van der Waals surface area (Å²) >= 11 is 5.59. The van der Waals surface area contributed by atoms with Crippen LogP contribution in [-0.2, 0) is 0 Å². The Morgan fingerprint density at radius 3 is 1.47 bits per heavy atom. The summed E-state index contributed by atoms with van der Waals surface area (Å²) in [7, 11) is 0. The SMILES string of the molecule is c1ccc(N(c2ccc3c(c2)sc2ccccc23)c2cc(N(c3ccccc3)c3ccc4c(c3)sc3ccccc34)c3sc4ccc(-c5ccc6oc7ccccc7c6c5)cc4c3c2)cc1. The first kappa shape index (κ1) is 37.6. The van der Waals surface area contributed by atoms with E-state index in [0.29, 0.717) is 0 Å². The molecule has 0 unspecified atom stereocenters. The van der Waals surface area contributed by atoms with Crippen LogP contribution in [0, 0.1) is 0 Å². The van der Waals surface area contributed by atoms with Crippen LogP contribution < -0.4 is 9.80 Å². The second-order valence-corrected chi connectivity index (χ2v) is 20.1. The van der Waals surface area contributed by atoms with E-state index in [4.69, 9.17) is 4.42 Å². The topological polar surface area (TPSA) is 19.6 Å². The van der Waals surface area contributed by atoms with Gasteiger partial charge >= 0.3 is 0 Å². The summed E-state index contributed by atoms with van der Waals surface area (Å²) in [5.41, 5.74) is 10.8. The molecule has 0 aliphatic heterocycles. The fraction of sp³-hybridized carbons (Fsp3) is 0. The van der Waals surface area contributed by atoms with Crippen molar-refractivity contribution in [2.75, 3.05) is 9.80 Å². The molecule has 0 saturated carbocycles. The fourth-order valence-corrected chi connectivity index (χ4v) is 13.4. The molecule has 0 amide bonds. The third kappa shape index (κ3) is 6.00. The Morgan fingerprint density at radius 2 is 0.788 bits per heavy atom. The molecule has 66 heavy (non-hydrogen) atoms. The number of benzene rings is 10. The first-order chi connectivity index (χ1) is 32.7. The van der Waals surface area contributed by atoms with Gasteiger partial charge in [-0.15, -0.1) is 34.0 Å². The number of rotatable bonds is 7. The van der Waals surface area contributed by atoms with Crippen molar-refractivity contribution in [2.45, 2.75) is 0 Å². The second kappa shape index (κ2) is 14.9. The molecule has 3 nitrogen and oxygen atoms in total. The van der Waals surface area contributed by atoms with Gasteiger partial charge in [-0.05, 0) is 114 Å². The highest BCUT2D eigenvalue weighted by Crippen LogP contribution is 2.51. The van der Waals surface area contributed by atoms with E-state index in [2.05, 4.69) is 216 Å². The van der Waals surface area contributed by atoms with Crippen molar-refractivity contribution in [1.29, 1.82) is 0 Å². The lowest BCUT2D eigenvalue weighted by Crippen LogP contribution is -2.13.